The largest absolute Gasteiger partial charge is 0.586 e. The zero-order valence-corrected chi connectivity index (χ0v) is 13.5. The fourth-order valence-corrected chi connectivity index (χ4v) is 2.51. The zero-order chi connectivity index (χ0) is 19.0. The summed E-state index contributed by atoms with van der Waals surface area (Å²) in [5.74, 6) is -1.85. The lowest BCUT2D eigenvalue weighted by molar-refractivity contribution is -0.286. The van der Waals surface area contributed by atoms with E-state index < -0.39 is 24.8 Å². The molecule has 0 unspecified atom stereocenters. The topological polar surface area (TPSA) is 87.0 Å². The molecule has 0 radical (unpaired) electrons. The van der Waals surface area contributed by atoms with Crippen LogP contribution in [0.25, 0.3) is 11.0 Å². The third-order valence-corrected chi connectivity index (χ3v) is 3.65. The van der Waals surface area contributed by atoms with E-state index in [1.54, 1.807) is 24.3 Å². The maximum atomic E-state index is 13.0. The summed E-state index contributed by atoms with van der Waals surface area (Å²) < 4.78 is 44.8. The monoisotopic (exact) mass is 375 g/mol. The van der Waals surface area contributed by atoms with E-state index in [4.69, 9.17) is 9.15 Å². The molecular formula is C18H11F2NO6. The lowest BCUT2D eigenvalue weighted by atomic mass is 10.2. The predicted octanol–water partition coefficient (Wildman–Crippen LogP) is 3.55. The van der Waals surface area contributed by atoms with Gasteiger partial charge in [-0.1, -0.05) is 18.2 Å². The lowest BCUT2D eigenvalue weighted by Crippen LogP contribution is -2.25. The minimum absolute atomic E-state index is 0.0330. The van der Waals surface area contributed by atoms with Crippen LogP contribution in [-0.4, -0.2) is 24.8 Å². The normalized spacial score (nSPS) is 14.1. The Morgan fingerprint density at radius 2 is 1.81 bits per heavy atom. The smallest absolute Gasteiger partial charge is 0.450 e. The maximum Gasteiger partial charge on any atom is 0.586 e. The molecule has 1 aliphatic heterocycles. The molecule has 0 saturated carbocycles. The molecule has 138 valence electrons. The second kappa shape index (κ2) is 6.27. The molecule has 0 spiro atoms. The highest BCUT2D eigenvalue weighted by Gasteiger charge is 2.43. The number of hydrogen-bond donors (Lipinski definition) is 1. The molecule has 1 amide bonds. The van der Waals surface area contributed by atoms with Crippen LogP contribution >= 0.6 is 0 Å². The van der Waals surface area contributed by atoms with E-state index >= 15 is 0 Å². The number of benzene rings is 2. The fourth-order valence-electron chi connectivity index (χ4n) is 2.51. The Morgan fingerprint density at radius 3 is 2.63 bits per heavy atom. The summed E-state index contributed by atoms with van der Waals surface area (Å²) >= 11 is 0. The number of rotatable bonds is 4. The number of carbonyl (C=O) groups excluding carboxylic acids is 2. The number of amides is 1. The molecule has 7 nitrogen and oxygen atoms in total. The van der Waals surface area contributed by atoms with E-state index in [2.05, 4.69) is 14.8 Å². The van der Waals surface area contributed by atoms with Crippen LogP contribution in [0.1, 0.15) is 10.6 Å². The van der Waals surface area contributed by atoms with Gasteiger partial charge in [0.05, 0.1) is 0 Å². The van der Waals surface area contributed by atoms with Crippen molar-refractivity contribution in [3.05, 3.63) is 54.3 Å². The summed E-state index contributed by atoms with van der Waals surface area (Å²) in [5.41, 5.74) is 0.700. The van der Waals surface area contributed by atoms with Crippen molar-refractivity contribution in [2.24, 2.45) is 0 Å². The average Bonchev–Trinajstić information content (AvgIpc) is 3.18. The number of halogens is 2. The first-order valence-electron chi connectivity index (χ1n) is 7.75. The number of furan rings is 1. The number of alkyl halides is 2. The van der Waals surface area contributed by atoms with Crippen molar-refractivity contribution in [2.45, 2.75) is 6.29 Å². The van der Waals surface area contributed by atoms with Crippen molar-refractivity contribution in [1.82, 2.24) is 0 Å². The molecule has 0 fully saturated rings. The third-order valence-electron chi connectivity index (χ3n) is 3.65. The van der Waals surface area contributed by atoms with Gasteiger partial charge in [-0.2, -0.15) is 0 Å². The first kappa shape index (κ1) is 16.8. The van der Waals surface area contributed by atoms with E-state index in [1.165, 1.54) is 24.3 Å². The van der Waals surface area contributed by atoms with E-state index in [0.717, 1.165) is 5.39 Å². The minimum Gasteiger partial charge on any atom is -0.450 e. The van der Waals surface area contributed by atoms with Crippen molar-refractivity contribution >= 4 is 28.5 Å². The Bertz CT molecular complexity index is 1010. The molecule has 9 heteroatoms. The third kappa shape index (κ3) is 3.52. The van der Waals surface area contributed by atoms with Gasteiger partial charge in [0.2, 0.25) is 5.76 Å². The Labute approximate surface area is 150 Å². The quantitative estimate of drug-likeness (QED) is 0.702. The fraction of sp³-hybridized carbons (Fsp3) is 0.111. The Morgan fingerprint density at radius 1 is 1.04 bits per heavy atom. The first-order valence-corrected chi connectivity index (χ1v) is 7.75. The van der Waals surface area contributed by atoms with Crippen LogP contribution in [0.2, 0.25) is 0 Å². The second-order valence-corrected chi connectivity index (χ2v) is 5.60. The van der Waals surface area contributed by atoms with Gasteiger partial charge in [-0.25, -0.2) is 4.79 Å². The Balaban J connectivity index is 1.35. The van der Waals surface area contributed by atoms with Gasteiger partial charge in [0.15, 0.2) is 18.1 Å². The van der Waals surface area contributed by atoms with Crippen molar-refractivity contribution in [1.29, 1.82) is 0 Å². The van der Waals surface area contributed by atoms with Crippen LogP contribution in [0, 0.1) is 0 Å². The van der Waals surface area contributed by atoms with Gasteiger partial charge in [-0.05, 0) is 24.3 Å². The van der Waals surface area contributed by atoms with Crippen LogP contribution in [0.4, 0.5) is 14.5 Å². The molecule has 1 aromatic heterocycles. The van der Waals surface area contributed by atoms with E-state index in [0.29, 0.717) is 5.58 Å². The van der Waals surface area contributed by atoms with E-state index in [9.17, 15) is 18.4 Å². The molecule has 0 aliphatic carbocycles. The highest BCUT2D eigenvalue weighted by Crippen LogP contribution is 2.42. The van der Waals surface area contributed by atoms with Crippen LogP contribution < -0.4 is 14.8 Å². The number of esters is 1. The van der Waals surface area contributed by atoms with Gasteiger partial charge in [0.25, 0.3) is 5.91 Å². The standard InChI is InChI=1S/C18H11F2NO6/c19-18(20)26-13-6-5-11(8-14(13)27-18)21-16(22)9-24-17(23)15-7-10-3-1-2-4-12(10)25-15/h1-8H,9H2,(H,21,22). The zero-order valence-electron chi connectivity index (χ0n) is 13.5. The minimum atomic E-state index is -3.74. The van der Waals surface area contributed by atoms with Crippen LogP contribution in [0.15, 0.2) is 52.9 Å². The molecule has 0 bridgehead atoms. The van der Waals surface area contributed by atoms with Crippen LogP contribution in [0.3, 0.4) is 0 Å². The first-order chi connectivity index (χ1) is 12.9. The molecule has 2 aromatic carbocycles. The summed E-state index contributed by atoms with van der Waals surface area (Å²) in [6.07, 6.45) is -3.74. The van der Waals surface area contributed by atoms with Gasteiger partial charge >= 0.3 is 12.3 Å². The van der Waals surface area contributed by atoms with E-state index in [-0.39, 0.29) is 22.9 Å². The molecule has 4 rings (SSSR count). The molecule has 2 heterocycles. The summed E-state index contributed by atoms with van der Waals surface area (Å²) in [5, 5.41) is 3.13. The highest BCUT2D eigenvalue weighted by atomic mass is 19.3. The maximum absolute atomic E-state index is 13.0. The van der Waals surface area contributed by atoms with Crippen LogP contribution in [-0.2, 0) is 9.53 Å². The molecule has 27 heavy (non-hydrogen) atoms. The SMILES string of the molecule is O=C(COC(=O)c1cc2ccccc2o1)Nc1ccc2c(c1)OC(F)(F)O2. The summed E-state index contributed by atoms with van der Waals surface area (Å²) in [6.45, 7) is -0.583. The number of nitrogens with one attached hydrogen (secondary N) is 1. The molecule has 0 saturated heterocycles. The summed E-state index contributed by atoms with van der Waals surface area (Å²) in [7, 11) is 0. The summed E-state index contributed by atoms with van der Waals surface area (Å²) in [4.78, 5) is 23.9. The number of ether oxygens (including phenoxy) is 3. The van der Waals surface area contributed by atoms with Gasteiger partial charge in [0, 0.05) is 17.1 Å². The summed E-state index contributed by atoms with van der Waals surface area (Å²) in [6, 6.07) is 12.3. The predicted molar refractivity (Wildman–Crippen MR) is 87.8 cm³/mol. The Hall–Kier alpha value is -3.62. The molecular weight excluding hydrogens is 364 g/mol. The van der Waals surface area contributed by atoms with Gasteiger partial charge < -0.3 is 23.9 Å². The lowest BCUT2D eigenvalue weighted by Gasteiger charge is -2.06. The van der Waals surface area contributed by atoms with Crippen LogP contribution in [0.5, 0.6) is 11.5 Å². The number of para-hydroxylation sites is 1. The van der Waals surface area contributed by atoms with E-state index in [1.807, 2.05) is 0 Å². The second-order valence-electron chi connectivity index (χ2n) is 5.60. The van der Waals surface area contributed by atoms with Crippen molar-refractivity contribution in [3.63, 3.8) is 0 Å². The van der Waals surface area contributed by atoms with Gasteiger partial charge in [0.1, 0.15) is 5.58 Å². The van der Waals surface area contributed by atoms with Gasteiger partial charge in [-0.3, -0.25) is 4.79 Å². The Kier molecular flexibility index (Phi) is 3.91. The number of carbonyl (C=O) groups is 2. The average molecular weight is 375 g/mol. The molecule has 0 atom stereocenters. The number of anilines is 1. The van der Waals surface area contributed by atoms with Crippen molar-refractivity contribution in [2.75, 3.05) is 11.9 Å². The van der Waals surface area contributed by atoms with Crippen molar-refractivity contribution < 1.29 is 37.0 Å². The highest BCUT2D eigenvalue weighted by molar-refractivity contribution is 5.96. The number of fused-ring (bicyclic) bond motifs is 2. The van der Waals surface area contributed by atoms with Gasteiger partial charge in [-0.15, -0.1) is 8.78 Å². The molecule has 3 aromatic rings. The number of hydrogen-bond acceptors (Lipinski definition) is 6. The van der Waals surface area contributed by atoms with Crippen molar-refractivity contribution in [3.8, 4) is 11.5 Å². The molecule has 1 aliphatic rings. The molecule has 1 N–H and O–H groups in total.